The third-order valence-electron chi connectivity index (χ3n) is 11.4. The molecule has 0 amide bonds. The molecule has 0 saturated carbocycles. The highest BCUT2D eigenvalue weighted by atomic mass is 16.4. The molecule has 2 heterocycles. The summed E-state index contributed by atoms with van der Waals surface area (Å²) in [5.41, 5.74) is 17.7. The number of aryl methyl sites for hydroxylation is 1. The smallest absolute Gasteiger partial charge is 0.307 e. The number of para-hydroxylation sites is 2. The van der Waals surface area contributed by atoms with Crippen LogP contribution in [0.5, 0.6) is 0 Å². The first-order chi connectivity index (χ1) is 30.4. The molecule has 9 aromatic carbocycles. The zero-order valence-corrected chi connectivity index (χ0v) is 32.0. The minimum atomic E-state index is -2.39. The van der Waals surface area contributed by atoms with Crippen molar-refractivity contribution < 1.29 is 8.53 Å². The molecule has 2 aromatic heterocycles. The van der Waals surface area contributed by atoms with Crippen LogP contribution < -0.4 is 0 Å². The molecule has 0 N–H and O–H groups in total. The van der Waals surface area contributed by atoms with Gasteiger partial charge in [0.2, 0.25) is 0 Å². The van der Waals surface area contributed by atoms with Gasteiger partial charge in [0.25, 0.3) is 0 Å². The molecule has 0 radical (unpaired) electrons. The molecule has 3 nitrogen and oxygen atoms in total. The summed E-state index contributed by atoms with van der Waals surface area (Å²) in [6, 6.07) is 73.2. The Kier molecular flexibility index (Phi) is 7.61. The Balaban J connectivity index is 1.27. The summed E-state index contributed by atoms with van der Waals surface area (Å²) in [6.07, 6.45) is 0. The maximum Gasteiger partial charge on any atom is 0.307 e. The lowest BCUT2D eigenvalue weighted by Crippen LogP contribution is -2.02. The number of rotatable bonds is 7. The third-order valence-corrected chi connectivity index (χ3v) is 11.4. The molecule has 0 aliphatic heterocycles. The maximum atomic E-state index is 8.67. The number of aromatic nitrogens is 2. The second kappa shape index (κ2) is 14.3. The van der Waals surface area contributed by atoms with Crippen molar-refractivity contribution in [3.8, 4) is 77.9 Å². The molecule has 0 saturated heterocycles. The van der Waals surface area contributed by atoms with Crippen LogP contribution in [0.2, 0.25) is 0 Å². The quantitative estimate of drug-likeness (QED) is 0.162. The molecule has 278 valence electrons. The van der Waals surface area contributed by atoms with Crippen LogP contribution in [-0.4, -0.2) is 9.38 Å². The Bertz CT molecular complexity index is 3290. The van der Waals surface area contributed by atoms with Crippen LogP contribution >= 0.6 is 0 Å². The molecule has 0 bridgehead atoms. The number of fused-ring (bicyclic) bond motifs is 5. The average Bonchev–Trinajstić information content (AvgIpc) is 3.88. The molecule has 0 aliphatic carbocycles. The van der Waals surface area contributed by atoms with E-state index < -0.39 is 6.85 Å². The van der Waals surface area contributed by atoms with Crippen molar-refractivity contribution in [2.24, 2.45) is 0 Å². The van der Waals surface area contributed by atoms with E-state index in [1.54, 1.807) is 6.07 Å². The lowest BCUT2D eigenvalue weighted by atomic mass is 9.74. The van der Waals surface area contributed by atoms with E-state index in [-0.39, 0.29) is 5.56 Å². The summed E-state index contributed by atoms with van der Waals surface area (Å²) >= 11 is 0. The van der Waals surface area contributed by atoms with Crippen LogP contribution in [-0.2, 0) is 0 Å². The lowest BCUT2D eigenvalue weighted by Gasteiger charge is -2.29. The van der Waals surface area contributed by atoms with Gasteiger partial charge in [-0.25, -0.2) is 0 Å². The van der Waals surface area contributed by atoms with Gasteiger partial charge in [-0.15, -0.1) is 0 Å². The molecule has 0 unspecified atom stereocenters. The van der Waals surface area contributed by atoms with Crippen LogP contribution in [0.4, 0.5) is 0 Å². The van der Waals surface area contributed by atoms with Crippen molar-refractivity contribution in [1.29, 1.82) is 0 Å². The van der Waals surface area contributed by atoms with E-state index in [9.17, 15) is 0 Å². The summed E-state index contributed by atoms with van der Waals surface area (Å²) in [4.78, 5) is 4.97. The van der Waals surface area contributed by atoms with Crippen LogP contribution in [0, 0.1) is 6.85 Å². The van der Waals surface area contributed by atoms with Gasteiger partial charge in [-0.1, -0.05) is 194 Å². The van der Waals surface area contributed by atoms with Crippen LogP contribution in [0.3, 0.4) is 0 Å². The van der Waals surface area contributed by atoms with Crippen molar-refractivity contribution >= 4 is 28.0 Å². The van der Waals surface area contributed by atoms with E-state index in [1.165, 1.54) is 0 Å². The van der Waals surface area contributed by atoms with E-state index >= 15 is 0 Å². The first kappa shape index (κ1) is 31.3. The second-order valence-corrected chi connectivity index (χ2v) is 14.8. The summed E-state index contributed by atoms with van der Waals surface area (Å²) in [6.45, 7) is -2.39. The van der Waals surface area contributed by atoms with E-state index in [0.717, 1.165) is 83.4 Å². The molecule has 0 aliphatic rings. The highest BCUT2D eigenvalue weighted by Crippen LogP contribution is 2.56. The molecule has 11 rings (SSSR count). The van der Waals surface area contributed by atoms with Gasteiger partial charge in [0.15, 0.2) is 5.58 Å². The molecular weight excluding hydrogens is 717 g/mol. The van der Waals surface area contributed by atoms with Crippen molar-refractivity contribution in [2.45, 2.75) is 6.85 Å². The Morgan fingerprint density at radius 2 is 0.712 bits per heavy atom. The van der Waals surface area contributed by atoms with Crippen molar-refractivity contribution in [3.63, 3.8) is 0 Å². The molecule has 59 heavy (non-hydrogen) atoms. The Morgan fingerprint density at radius 3 is 1.12 bits per heavy atom. The van der Waals surface area contributed by atoms with Gasteiger partial charge in [-0.05, 0) is 103 Å². The fraction of sp³-hybridized carbons (Fsp3) is 0.0179. The number of hydrogen-bond donors (Lipinski definition) is 0. The van der Waals surface area contributed by atoms with Gasteiger partial charge < -0.3 is 4.42 Å². The second-order valence-electron chi connectivity index (χ2n) is 14.8. The highest BCUT2D eigenvalue weighted by Gasteiger charge is 2.29. The third kappa shape index (κ3) is 5.78. The van der Waals surface area contributed by atoms with Gasteiger partial charge in [-0.2, -0.15) is 4.98 Å². The Hall–Kier alpha value is -7.75. The Morgan fingerprint density at radius 1 is 0.356 bits per heavy atom. The van der Waals surface area contributed by atoms with Gasteiger partial charge >= 0.3 is 5.84 Å². The molecule has 0 fully saturated rings. The normalized spacial score (nSPS) is 12.4. The van der Waals surface area contributed by atoms with Crippen molar-refractivity contribution in [1.82, 2.24) is 9.38 Å². The van der Waals surface area contributed by atoms with Gasteiger partial charge in [0.1, 0.15) is 5.52 Å². The largest absolute Gasteiger partial charge is 0.423 e. The van der Waals surface area contributed by atoms with Crippen LogP contribution in [0.1, 0.15) is 9.68 Å². The number of nitrogens with zero attached hydrogens (tertiary/aromatic N) is 2. The minimum Gasteiger partial charge on any atom is -0.423 e. The van der Waals surface area contributed by atoms with E-state index in [1.807, 2.05) is 34.7 Å². The van der Waals surface area contributed by atoms with Gasteiger partial charge in [0, 0.05) is 9.68 Å². The van der Waals surface area contributed by atoms with Crippen LogP contribution in [0.25, 0.3) is 106 Å². The zero-order chi connectivity index (χ0) is 41.8. The average molecular weight is 758 g/mol. The first-order valence-electron chi connectivity index (χ1n) is 21.4. The molecule has 0 atom stereocenters. The monoisotopic (exact) mass is 757 g/mol. The highest BCUT2D eigenvalue weighted by molar-refractivity contribution is 6.15. The molecule has 3 heteroatoms. The van der Waals surface area contributed by atoms with Gasteiger partial charge in [0.05, 0.1) is 11.0 Å². The van der Waals surface area contributed by atoms with Crippen LogP contribution in [0.15, 0.2) is 217 Å². The lowest BCUT2D eigenvalue weighted by molar-refractivity contribution is 0.643. The zero-order valence-electron chi connectivity index (χ0n) is 35.0. The summed E-state index contributed by atoms with van der Waals surface area (Å²) < 4.78 is 34.2. The van der Waals surface area contributed by atoms with E-state index in [4.69, 9.17) is 13.5 Å². The van der Waals surface area contributed by atoms with E-state index in [2.05, 4.69) is 176 Å². The van der Waals surface area contributed by atoms with E-state index in [0.29, 0.717) is 22.5 Å². The fourth-order valence-corrected chi connectivity index (χ4v) is 8.85. The number of imidazole rings is 1. The van der Waals surface area contributed by atoms with Gasteiger partial charge in [-0.3, -0.25) is 4.40 Å². The molecule has 11 aromatic rings. The molecular formula is C56H38N2O. The summed E-state index contributed by atoms with van der Waals surface area (Å²) in [5, 5.41) is 0. The predicted molar refractivity (Wildman–Crippen MR) is 245 cm³/mol. The number of benzene rings is 9. The standard InChI is InChI=1S/C56H38N2O/c1-37-31-36-46-55(57-56-58(46)45-29-17-18-30-47(45)59-56)48(37)43-32-34-44(35-33-43)54-52(41-25-13-5-14-26-41)50(39-21-9-3-10-22-39)49(38-19-7-2-8-20-38)51(40-23-11-4-12-24-40)53(54)42-27-15-6-16-28-42/h2-36H,1H3/i1D3. The Labute approximate surface area is 347 Å². The fourth-order valence-electron chi connectivity index (χ4n) is 8.85. The topological polar surface area (TPSA) is 30.4 Å². The predicted octanol–water partition coefficient (Wildman–Crippen LogP) is 15.2. The number of hydrogen-bond acceptors (Lipinski definition) is 2. The number of oxazole rings is 1. The first-order valence-corrected chi connectivity index (χ1v) is 19.9. The minimum absolute atomic E-state index is 0.239. The van der Waals surface area contributed by atoms with Crippen molar-refractivity contribution in [3.05, 3.63) is 218 Å². The molecule has 0 spiro atoms. The van der Waals surface area contributed by atoms with Crippen molar-refractivity contribution in [2.75, 3.05) is 0 Å². The maximum absolute atomic E-state index is 8.67. The summed E-state index contributed by atoms with van der Waals surface area (Å²) in [5.74, 6) is 0.419. The SMILES string of the molecule is [2H]C([2H])([2H])c1ccc2c(nc3oc4ccccc4n32)c1-c1ccc(-c2c(-c3ccccc3)c(-c3ccccc3)c(-c3ccccc3)c(-c3ccccc3)c2-c2ccccc2)cc1. The summed E-state index contributed by atoms with van der Waals surface area (Å²) in [7, 11) is 0.